The predicted molar refractivity (Wildman–Crippen MR) is 119 cm³/mol. The van der Waals surface area contributed by atoms with Gasteiger partial charge in [-0.05, 0) is 31.7 Å². The fourth-order valence-corrected chi connectivity index (χ4v) is 4.35. The Balaban J connectivity index is 1.71. The number of amides is 1. The highest BCUT2D eigenvalue weighted by atomic mass is 16.5. The van der Waals surface area contributed by atoms with Gasteiger partial charge in [-0.2, -0.15) is 4.98 Å². The van der Waals surface area contributed by atoms with Crippen molar-refractivity contribution in [1.29, 1.82) is 0 Å². The highest BCUT2D eigenvalue weighted by molar-refractivity contribution is 5.93. The van der Waals surface area contributed by atoms with Gasteiger partial charge in [0.15, 0.2) is 11.5 Å². The molecule has 1 aromatic heterocycles. The molecule has 1 aromatic carbocycles. The fourth-order valence-electron chi connectivity index (χ4n) is 4.35. The molecule has 1 N–H and O–H groups in total. The summed E-state index contributed by atoms with van der Waals surface area (Å²) in [5, 5.41) is 4.50. The number of nitrogens with zero attached hydrogens (tertiary/aromatic N) is 4. The van der Waals surface area contributed by atoms with Gasteiger partial charge in [0.05, 0.1) is 25.8 Å². The quantitative estimate of drug-likeness (QED) is 0.671. The Morgan fingerprint density at radius 3 is 2.45 bits per heavy atom. The van der Waals surface area contributed by atoms with E-state index in [0.717, 1.165) is 75.0 Å². The van der Waals surface area contributed by atoms with Crippen LogP contribution in [-0.4, -0.2) is 80.9 Å². The minimum absolute atomic E-state index is 0.183. The van der Waals surface area contributed by atoms with Crippen LogP contribution in [0.2, 0.25) is 0 Å². The lowest BCUT2D eigenvalue weighted by Gasteiger charge is -2.33. The first-order valence-corrected chi connectivity index (χ1v) is 10.8. The Labute approximate surface area is 182 Å². The molecule has 0 bridgehead atoms. The van der Waals surface area contributed by atoms with Crippen molar-refractivity contribution in [3.63, 3.8) is 0 Å². The van der Waals surface area contributed by atoms with Crippen LogP contribution in [0.5, 0.6) is 11.5 Å². The van der Waals surface area contributed by atoms with Crippen molar-refractivity contribution in [2.45, 2.75) is 37.8 Å². The molecule has 2 fully saturated rings. The van der Waals surface area contributed by atoms with E-state index >= 15 is 0 Å². The van der Waals surface area contributed by atoms with Crippen molar-refractivity contribution in [3.05, 3.63) is 12.1 Å². The summed E-state index contributed by atoms with van der Waals surface area (Å²) in [5.41, 5.74) is 0.801. The third kappa shape index (κ3) is 4.61. The molecule has 0 saturated carbocycles. The van der Waals surface area contributed by atoms with Crippen LogP contribution in [0.3, 0.4) is 0 Å². The number of ether oxygens (including phenoxy) is 3. The fraction of sp³-hybridized carbons (Fsp3) is 0.591. The first kappa shape index (κ1) is 21.4. The van der Waals surface area contributed by atoms with Gasteiger partial charge in [-0.1, -0.05) is 0 Å². The molecule has 1 unspecified atom stereocenters. The second kappa shape index (κ2) is 9.55. The summed E-state index contributed by atoms with van der Waals surface area (Å²) in [6.07, 6.45) is 4.95. The van der Waals surface area contributed by atoms with Gasteiger partial charge in [-0.25, -0.2) is 4.98 Å². The number of rotatable bonds is 7. The number of fused-ring (bicyclic) bond motifs is 1. The Morgan fingerprint density at radius 2 is 1.77 bits per heavy atom. The van der Waals surface area contributed by atoms with Crippen molar-refractivity contribution in [3.8, 4) is 11.5 Å². The summed E-state index contributed by atoms with van der Waals surface area (Å²) in [6, 6.07) is 4.06. The highest BCUT2D eigenvalue weighted by Gasteiger charge is 2.25. The molecule has 4 rings (SSSR count). The molecular formula is C22H31N5O4. The molecule has 3 heterocycles. The van der Waals surface area contributed by atoms with E-state index < -0.39 is 0 Å². The van der Waals surface area contributed by atoms with Crippen LogP contribution < -0.4 is 19.7 Å². The Kier molecular flexibility index (Phi) is 6.60. The van der Waals surface area contributed by atoms with Gasteiger partial charge >= 0.3 is 0 Å². The number of likely N-dealkylation sites (tertiary alicyclic amines) is 1. The molecule has 2 saturated heterocycles. The van der Waals surface area contributed by atoms with Gasteiger partial charge in [-0.3, -0.25) is 4.79 Å². The van der Waals surface area contributed by atoms with E-state index in [2.05, 4.69) is 10.2 Å². The summed E-state index contributed by atoms with van der Waals surface area (Å²) in [6.45, 7) is 3.16. The lowest BCUT2D eigenvalue weighted by molar-refractivity contribution is -0.118. The van der Waals surface area contributed by atoms with Crippen LogP contribution in [0.15, 0.2) is 12.1 Å². The van der Waals surface area contributed by atoms with Crippen LogP contribution in [0.25, 0.3) is 10.9 Å². The van der Waals surface area contributed by atoms with Crippen LogP contribution in [0.4, 0.5) is 11.8 Å². The molecule has 0 spiro atoms. The number of benzene rings is 1. The van der Waals surface area contributed by atoms with Crippen molar-refractivity contribution < 1.29 is 19.0 Å². The van der Waals surface area contributed by atoms with Crippen LogP contribution in [-0.2, 0) is 9.53 Å². The summed E-state index contributed by atoms with van der Waals surface area (Å²) >= 11 is 0. The molecule has 0 aliphatic carbocycles. The van der Waals surface area contributed by atoms with Crippen LogP contribution in [0, 0.1) is 0 Å². The van der Waals surface area contributed by atoms with Crippen LogP contribution in [0.1, 0.15) is 25.7 Å². The number of anilines is 2. The third-order valence-electron chi connectivity index (χ3n) is 6.20. The normalized spacial score (nSPS) is 20.0. The Hall–Kier alpha value is -2.81. The maximum absolute atomic E-state index is 11.0. The van der Waals surface area contributed by atoms with Crippen molar-refractivity contribution in [1.82, 2.24) is 14.9 Å². The molecule has 1 atom stereocenters. The van der Waals surface area contributed by atoms with E-state index in [9.17, 15) is 4.79 Å². The first-order chi connectivity index (χ1) is 15.1. The monoisotopic (exact) mass is 429 g/mol. The SMILES string of the molecule is COc1cc2nc(N3CCCC(OC)C3)nc(NC3CCN(C=O)CC3)c2cc1OC. The summed E-state index contributed by atoms with van der Waals surface area (Å²) in [5.74, 6) is 2.75. The summed E-state index contributed by atoms with van der Waals surface area (Å²) < 4.78 is 16.6. The molecule has 9 heteroatoms. The standard InChI is InChI=1S/C22H31N5O4/c1-29-16-5-4-8-27(13-16)22-24-18-12-20(31-3)19(30-2)11-17(18)21(25-22)23-15-6-9-26(14-28)10-7-15/h11-12,14-16H,4-10,13H2,1-3H3,(H,23,24,25). The number of methoxy groups -OCH3 is 3. The van der Waals surface area contributed by atoms with Crippen LogP contribution >= 0.6 is 0 Å². The highest BCUT2D eigenvalue weighted by Crippen LogP contribution is 2.36. The number of piperidine rings is 2. The van der Waals surface area contributed by atoms with Gasteiger partial charge in [-0.15, -0.1) is 0 Å². The molecule has 9 nitrogen and oxygen atoms in total. The van der Waals surface area contributed by atoms with Crippen molar-refractivity contribution in [2.24, 2.45) is 0 Å². The van der Waals surface area contributed by atoms with E-state index in [1.165, 1.54) is 0 Å². The Bertz CT molecular complexity index is 916. The molecule has 31 heavy (non-hydrogen) atoms. The Morgan fingerprint density at radius 1 is 1.03 bits per heavy atom. The van der Waals surface area contributed by atoms with E-state index in [4.69, 9.17) is 24.2 Å². The molecule has 2 aliphatic heterocycles. The maximum Gasteiger partial charge on any atom is 0.227 e. The second-order valence-electron chi connectivity index (χ2n) is 8.10. The number of aromatic nitrogens is 2. The number of nitrogens with one attached hydrogen (secondary N) is 1. The van der Waals surface area contributed by atoms with Gasteiger partial charge in [0.25, 0.3) is 0 Å². The van der Waals surface area contributed by atoms with Gasteiger partial charge in [0, 0.05) is 50.8 Å². The van der Waals surface area contributed by atoms with E-state index in [-0.39, 0.29) is 12.1 Å². The van der Waals surface area contributed by atoms with E-state index in [1.807, 2.05) is 17.0 Å². The molecular weight excluding hydrogens is 398 g/mol. The molecule has 2 aromatic rings. The largest absolute Gasteiger partial charge is 0.493 e. The lowest BCUT2D eigenvalue weighted by Crippen LogP contribution is -2.40. The first-order valence-electron chi connectivity index (χ1n) is 10.8. The van der Waals surface area contributed by atoms with E-state index in [0.29, 0.717) is 17.4 Å². The summed E-state index contributed by atoms with van der Waals surface area (Å²) in [7, 11) is 5.00. The van der Waals surface area contributed by atoms with Crippen molar-refractivity contribution in [2.75, 3.05) is 57.7 Å². The summed E-state index contributed by atoms with van der Waals surface area (Å²) in [4.78, 5) is 24.8. The van der Waals surface area contributed by atoms with Gasteiger partial charge < -0.3 is 29.3 Å². The predicted octanol–water partition coefficient (Wildman–Crippen LogP) is 2.29. The minimum Gasteiger partial charge on any atom is -0.493 e. The number of carbonyl (C=O) groups excluding carboxylic acids is 1. The second-order valence-corrected chi connectivity index (χ2v) is 8.10. The lowest BCUT2D eigenvalue weighted by atomic mass is 10.1. The maximum atomic E-state index is 11.0. The van der Waals surface area contributed by atoms with Gasteiger partial charge in [0.2, 0.25) is 12.4 Å². The average Bonchev–Trinajstić information content (AvgIpc) is 2.83. The zero-order chi connectivity index (χ0) is 21.8. The average molecular weight is 430 g/mol. The van der Waals surface area contributed by atoms with Gasteiger partial charge in [0.1, 0.15) is 5.82 Å². The number of hydrogen-bond acceptors (Lipinski definition) is 8. The topological polar surface area (TPSA) is 89.1 Å². The third-order valence-corrected chi connectivity index (χ3v) is 6.20. The number of carbonyl (C=O) groups is 1. The zero-order valence-corrected chi connectivity index (χ0v) is 18.5. The van der Waals surface area contributed by atoms with E-state index in [1.54, 1.807) is 21.3 Å². The molecule has 168 valence electrons. The molecule has 2 aliphatic rings. The minimum atomic E-state index is 0.183. The molecule has 0 radical (unpaired) electrons. The zero-order valence-electron chi connectivity index (χ0n) is 18.5. The van der Waals surface area contributed by atoms with Crippen molar-refractivity contribution >= 4 is 29.1 Å². The number of hydrogen-bond donors (Lipinski definition) is 1. The smallest absolute Gasteiger partial charge is 0.227 e. The molecule has 1 amide bonds.